The van der Waals surface area contributed by atoms with Gasteiger partial charge in [0, 0.05) is 12.6 Å². The first-order chi connectivity index (χ1) is 14.1. The average molecular weight is 397 g/mol. The minimum absolute atomic E-state index is 0.496. The van der Waals surface area contributed by atoms with Crippen molar-refractivity contribution in [2.45, 2.75) is 65.7 Å². The maximum atomic E-state index is 10.00. The van der Waals surface area contributed by atoms with Gasteiger partial charge in [0.15, 0.2) is 5.75 Å². The van der Waals surface area contributed by atoms with Crippen LogP contribution in [0.4, 0.5) is 0 Å². The fourth-order valence-electron chi connectivity index (χ4n) is 3.62. The van der Waals surface area contributed by atoms with E-state index in [0.717, 1.165) is 36.4 Å². The lowest BCUT2D eigenvalue weighted by molar-refractivity contribution is 0.217. The molecule has 0 aromatic heterocycles. The van der Waals surface area contributed by atoms with Crippen molar-refractivity contribution in [2.24, 2.45) is 0 Å². The van der Waals surface area contributed by atoms with Crippen LogP contribution in [0.5, 0.6) is 11.5 Å². The van der Waals surface area contributed by atoms with E-state index in [1.54, 1.807) is 0 Å². The van der Waals surface area contributed by atoms with E-state index in [1.807, 2.05) is 43.5 Å². The number of aryl methyl sites for hydroxylation is 1. The number of rotatable bonds is 8. The molecule has 4 nitrogen and oxygen atoms in total. The highest BCUT2D eigenvalue weighted by Gasteiger charge is 2.10. The Hall–Kier alpha value is -2.62. The number of phenols is 1. The monoisotopic (exact) mass is 396 g/mol. The highest BCUT2D eigenvalue weighted by atomic mass is 16.6. The molecule has 2 aromatic carbocycles. The maximum Gasteiger partial charge on any atom is 0.162 e. The van der Waals surface area contributed by atoms with Gasteiger partial charge >= 0.3 is 0 Å². The molecule has 3 rings (SSSR count). The van der Waals surface area contributed by atoms with Crippen molar-refractivity contribution in [1.29, 1.82) is 0 Å². The molecule has 0 aliphatic carbocycles. The van der Waals surface area contributed by atoms with E-state index < -0.39 is 0 Å². The zero-order valence-electron chi connectivity index (χ0n) is 18.3. The Bertz CT molecular complexity index is 799. The quantitative estimate of drug-likeness (QED) is 0.498. The van der Waals surface area contributed by atoms with Gasteiger partial charge in [-0.2, -0.15) is 0 Å². The molecule has 0 spiro atoms. The van der Waals surface area contributed by atoms with Gasteiger partial charge in [-0.3, -0.25) is 0 Å². The van der Waals surface area contributed by atoms with Crippen LogP contribution in [0.2, 0.25) is 0 Å². The predicted molar refractivity (Wildman–Crippen MR) is 122 cm³/mol. The summed E-state index contributed by atoms with van der Waals surface area (Å²) >= 11 is 0. The molecule has 2 aromatic rings. The largest absolute Gasteiger partial charge is 0.508 e. The molecule has 0 saturated carbocycles. The summed E-state index contributed by atoms with van der Waals surface area (Å²) in [6, 6.07) is 11.8. The Balaban J connectivity index is 0.000000218. The molecular formula is C25H36N2O2. The van der Waals surface area contributed by atoms with Crippen LogP contribution in [0, 0.1) is 0 Å². The first kappa shape index (κ1) is 22.7. The van der Waals surface area contributed by atoms with Crippen LogP contribution < -0.4 is 15.6 Å². The molecule has 3 N–H and O–H groups in total. The topological polar surface area (TPSA) is 53.5 Å². The average Bonchev–Trinajstić information content (AvgIpc) is 2.77. The number of hydrogen-bond donors (Lipinski definition) is 3. The van der Waals surface area contributed by atoms with Gasteiger partial charge in [0.1, 0.15) is 11.6 Å². The highest BCUT2D eigenvalue weighted by molar-refractivity contribution is 5.60. The lowest BCUT2D eigenvalue weighted by Crippen LogP contribution is -2.28. The van der Waals surface area contributed by atoms with Crippen LogP contribution >= 0.6 is 0 Å². The summed E-state index contributed by atoms with van der Waals surface area (Å²) < 4.78 is 0. The standard InChI is InChI=1S/C16H26O.C9H10N2O/c1-4-7-8-9-10-15-14(6-3)13(5-2)11-12-16(15)17;1-10-9-6-7-4-2-3-5-8(7)12-11-9/h11-12,17H,4-10H2,1-3H3;2-6,10-11H,1H3. The smallest absolute Gasteiger partial charge is 0.162 e. The number of unbranched alkanes of at least 4 members (excludes halogenated alkanes) is 3. The van der Waals surface area contributed by atoms with E-state index in [1.165, 1.54) is 42.4 Å². The van der Waals surface area contributed by atoms with Crippen molar-refractivity contribution < 1.29 is 9.94 Å². The Labute approximate surface area is 176 Å². The van der Waals surface area contributed by atoms with E-state index in [2.05, 4.69) is 37.6 Å². The van der Waals surface area contributed by atoms with E-state index in [9.17, 15) is 5.11 Å². The summed E-state index contributed by atoms with van der Waals surface area (Å²) in [5.74, 6) is 2.22. The first-order valence-electron chi connectivity index (χ1n) is 10.9. The van der Waals surface area contributed by atoms with E-state index in [-0.39, 0.29) is 0 Å². The first-order valence-corrected chi connectivity index (χ1v) is 10.9. The van der Waals surface area contributed by atoms with Crippen LogP contribution in [0.1, 0.15) is 68.7 Å². The van der Waals surface area contributed by atoms with Gasteiger partial charge in [-0.1, -0.05) is 64.3 Å². The molecule has 1 aliphatic heterocycles. The second-order valence-corrected chi connectivity index (χ2v) is 7.27. The molecule has 4 heteroatoms. The van der Waals surface area contributed by atoms with Gasteiger partial charge in [0.05, 0.1) is 0 Å². The predicted octanol–water partition coefficient (Wildman–Crippen LogP) is 5.74. The minimum Gasteiger partial charge on any atom is -0.508 e. The normalized spacial score (nSPS) is 11.9. The van der Waals surface area contributed by atoms with Crippen LogP contribution in [0.25, 0.3) is 6.08 Å². The lowest BCUT2D eigenvalue weighted by atomic mass is 9.93. The SMILES string of the molecule is CCCCCCc1c(O)ccc(CC)c1CC.CNC1=Cc2ccccc2ON1. The van der Waals surface area contributed by atoms with Crippen molar-refractivity contribution in [3.63, 3.8) is 0 Å². The summed E-state index contributed by atoms with van der Waals surface area (Å²) in [4.78, 5) is 5.25. The van der Waals surface area contributed by atoms with E-state index in [4.69, 9.17) is 4.84 Å². The molecule has 0 saturated heterocycles. The number of aromatic hydroxyl groups is 1. The van der Waals surface area contributed by atoms with Crippen molar-refractivity contribution in [3.05, 3.63) is 64.5 Å². The third-order valence-corrected chi connectivity index (χ3v) is 5.28. The second-order valence-electron chi connectivity index (χ2n) is 7.27. The Kier molecular flexibility index (Phi) is 9.42. The molecule has 0 radical (unpaired) electrons. The Morgan fingerprint density at radius 3 is 2.41 bits per heavy atom. The van der Waals surface area contributed by atoms with Crippen molar-refractivity contribution in [2.75, 3.05) is 7.05 Å². The van der Waals surface area contributed by atoms with Crippen molar-refractivity contribution in [3.8, 4) is 11.5 Å². The number of phenolic OH excluding ortho intramolecular Hbond substituents is 1. The zero-order chi connectivity index (χ0) is 21.1. The third kappa shape index (κ3) is 6.45. The number of hydroxylamine groups is 1. The number of para-hydroxylation sites is 1. The maximum absolute atomic E-state index is 10.00. The third-order valence-electron chi connectivity index (χ3n) is 5.28. The number of fused-ring (bicyclic) bond motifs is 1. The number of nitrogens with one attached hydrogen (secondary N) is 2. The Morgan fingerprint density at radius 1 is 0.931 bits per heavy atom. The van der Waals surface area contributed by atoms with Crippen molar-refractivity contribution >= 4 is 6.08 Å². The summed E-state index contributed by atoms with van der Waals surface area (Å²) in [6.07, 6.45) is 10.2. The van der Waals surface area contributed by atoms with Crippen LogP contribution in [0.3, 0.4) is 0 Å². The van der Waals surface area contributed by atoms with Gasteiger partial charge in [0.25, 0.3) is 0 Å². The van der Waals surface area contributed by atoms with Gasteiger partial charge in [0.2, 0.25) is 0 Å². The summed E-state index contributed by atoms with van der Waals surface area (Å²) in [5, 5.41) is 13.0. The molecule has 0 atom stereocenters. The van der Waals surface area contributed by atoms with Crippen LogP contribution in [-0.4, -0.2) is 12.2 Å². The fourth-order valence-corrected chi connectivity index (χ4v) is 3.62. The molecule has 1 heterocycles. The van der Waals surface area contributed by atoms with Gasteiger partial charge in [-0.25, -0.2) is 5.48 Å². The van der Waals surface area contributed by atoms with E-state index in [0.29, 0.717) is 5.75 Å². The number of benzene rings is 2. The molecule has 1 aliphatic rings. The van der Waals surface area contributed by atoms with Crippen LogP contribution in [0.15, 0.2) is 42.2 Å². The Morgan fingerprint density at radius 2 is 1.72 bits per heavy atom. The lowest BCUT2D eigenvalue weighted by Gasteiger charge is -2.17. The van der Waals surface area contributed by atoms with Crippen molar-refractivity contribution in [1.82, 2.24) is 10.8 Å². The molecule has 158 valence electrons. The van der Waals surface area contributed by atoms with E-state index >= 15 is 0 Å². The molecule has 0 unspecified atom stereocenters. The highest BCUT2D eigenvalue weighted by Crippen LogP contribution is 2.27. The van der Waals surface area contributed by atoms with Gasteiger partial charge in [-0.05, 0) is 60.6 Å². The fraction of sp³-hybridized carbons (Fsp3) is 0.440. The molecular weight excluding hydrogens is 360 g/mol. The molecule has 0 bridgehead atoms. The second kappa shape index (κ2) is 12.1. The zero-order valence-corrected chi connectivity index (χ0v) is 18.3. The number of hydrogen-bond acceptors (Lipinski definition) is 4. The summed E-state index contributed by atoms with van der Waals surface area (Å²) in [5.41, 5.74) is 7.83. The minimum atomic E-state index is 0.496. The molecule has 0 fully saturated rings. The molecule has 0 amide bonds. The molecule has 29 heavy (non-hydrogen) atoms. The summed E-state index contributed by atoms with van der Waals surface area (Å²) in [7, 11) is 1.84. The van der Waals surface area contributed by atoms with Gasteiger partial charge in [-0.15, -0.1) is 0 Å². The van der Waals surface area contributed by atoms with Crippen LogP contribution in [-0.2, 0) is 19.3 Å². The van der Waals surface area contributed by atoms with Gasteiger partial charge < -0.3 is 15.3 Å². The summed E-state index contributed by atoms with van der Waals surface area (Å²) in [6.45, 7) is 6.60.